The number of hydrogen-bond acceptors (Lipinski definition) is 4. The van der Waals surface area contributed by atoms with Crippen molar-refractivity contribution in [2.45, 2.75) is 77.4 Å². The minimum absolute atomic E-state index is 0.134. The Balaban J connectivity index is 0.000000191. The van der Waals surface area contributed by atoms with Gasteiger partial charge in [0.15, 0.2) is 34.4 Å². The second-order valence-electron chi connectivity index (χ2n) is 8.58. The van der Waals surface area contributed by atoms with E-state index in [0.717, 1.165) is 24.3 Å². The van der Waals surface area contributed by atoms with Crippen LogP contribution in [0, 0.1) is 13.1 Å². The van der Waals surface area contributed by atoms with Crippen molar-refractivity contribution in [1.29, 1.82) is 0 Å². The lowest BCUT2D eigenvalue weighted by molar-refractivity contribution is 0.0830. The highest BCUT2D eigenvalue weighted by molar-refractivity contribution is 5.56. The number of ether oxygens (including phenoxy) is 4. The van der Waals surface area contributed by atoms with Crippen molar-refractivity contribution >= 4 is 11.4 Å². The van der Waals surface area contributed by atoms with Crippen molar-refractivity contribution in [3.8, 4) is 23.0 Å². The van der Waals surface area contributed by atoms with Crippen LogP contribution in [0.3, 0.4) is 0 Å². The first-order valence-electron chi connectivity index (χ1n) is 12.3. The van der Waals surface area contributed by atoms with Crippen molar-refractivity contribution in [3.63, 3.8) is 0 Å². The first-order valence-corrected chi connectivity index (χ1v) is 12.3. The molecule has 2 unspecified atom stereocenters. The van der Waals surface area contributed by atoms with Crippen LogP contribution in [-0.2, 0) is 0 Å². The number of benzene rings is 2. The van der Waals surface area contributed by atoms with Crippen LogP contribution in [-0.4, -0.2) is 25.4 Å². The van der Waals surface area contributed by atoms with Crippen molar-refractivity contribution in [2.24, 2.45) is 0 Å². The fourth-order valence-corrected chi connectivity index (χ4v) is 3.88. The number of nitrogens with zero attached hydrogens (tertiary/aromatic N) is 2. The smallest absolute Gasteiger partial charge is 0.191 e. The molecule has 2 aromatic rings. The zero-order valence-electron chi connectivity index (χ0n) is 20.2. The SMILES string of the molecule is [C-]#[N+]c1ccc2c(c1)OC(CCCCC)CO2.[C-]#[N+]c1ccc2c(c1)OCC(CCCCC)O2. The summed E-state index contributed by atoms with van der Waals surface area (Å²) in [6.45, 7) is 19.5. The van der Waals surface area contributed by atoms with Gasteiger partial charge in [-0.1, -0.05) is 51.7 Å². The molecule has 0 amide bonds. The van der Waals surface area contributed by atoms with Crippen LogP contribution in [0.25, 0.3) is 9.69 Å². The average molecular weight is 463 g/mol. The van der Waals surface area contributed by atoms with Gasteiger partial charge in [-0.05, 0) is 49.9 Å². The molecule has 0 aliphatic carbocycles. The zero-order valence-corrected chi connectivity index (χ0v) is 20.2. The maximum absolute atomic E-state index is 6.98. The summed E-state index contributed by atoms with van der Waals surface area (Å²) < 4.78 is 23.0. The highest BCUT2D eigenvalue weighted by Gasteiger charge is 2.21. The maximum atomic E-state index is 6.98. The highest BCUT2D eigenvalue weighted by Crippen LogP contribution is 2.37. The van der Waals surface area contributed by atoms with Gasteiger partial charge in [-0.25, -0.2) is 9.69 Å². The highest BCUT2D eigenvalue weighted by atomic mass is 16.6. The molecule has 2 aromatic carbocycles. The van der Waals surface area contributed by atoms with Gasteiger partial charge in [-0.3, -0.25) is 0 Å². The van der Waals surface area contributed by atoms with Gasteiger partial charge in [0, 0.05) is 0 Å². The molecule has 4 rings (SSSR count). The third-order valence-electron chi connectivity index (χ3n) is 5.81. The number of hydrogen-bond donors (Lipinski definition) is 0. The fourth-order valence-electron chi connectivity index (χ4n) is 3.88. The van der Waals surface area contributed by atoms with Gasteiger partial charge in [-0.2, -0.15) is 0 Å². The van der Waals surface area contributed by atoms with E-state index < -0.39 is 0 Å². The molecule has 0 bridgehead atoms. The lowest BCUT2D eigenvalue weighted by Crippen LogP contribution is -2.28. The zero-order chi connectivity index (χ0) is 24.2. The van der Waals surface area contributed by atoms with E-state index in [1.807, 2.05) is 12.1 Å². The van der Waals surface area contributed by atoms with Gasteiger partial charge < -0.3 is 18.9 Å². The molecule has 34 heavy (non-hydrogen) atoms. The van der Waals surface area contributed by atoms with Crippen molar-refractivity contribution in [3.05, 3.63) is 59.2 Å². The quantitative estimate of drug-likeness (QED) is 0.295. The van der Waals surface area contributed by atoms with E-state index in [-0.39, 0.29) is 12.2 Å². The first-order chi connectivity index (χ1) is 16.7. The molecule has 2 atom stereocenters. The molecule has 6 nitrogen and oxygen atoms in total. The summed E-state index contributed by atoms with van der Waals surface area (Å²) >= 11 is 0. The first kappa shape index (κ1) is 25.2. The summed E-state index contributed by atoms with van der Waals surface area (Å²) in [4.78, 5) is 6.77. The predicted molar refractivity (Wildman–Crippen MR) is 134 cm³/mol. The topological polar surface area (TPSA) is 45.6 Å². The second kappa shape index (κ2) is 13.4. The van der Waals surface area contributed by atoms with Gasteiger partial charge >= 0.3 is 0 Å². The molecular weight excluding hydrogens is 428 g/mol. The Morgan fingerprint density at radius 3 is 1.74 bits per heavy atom. The molecule has 2 heterocycles. The Morgan fingerprint density at radius 2 is 1.18 bits per heavy atom. The summed E-state index contributed by atoms with van der Waals surface area (Å²) in [6.07, 6.45) is 9.61. The van der Waals surface area contributed by atoms with E-state index in [1.165, 1.54) is 38.5 Å². The maximum Gasteiger partial charge on any atom is 0.191 e. The van der Waals surface area contributed by atoms with Crippen LogP contribution < -0.4 is 18.9 Å². The molecule has 0 N–H and O–H groups in total. The van der Waals surface area contributed by atoms with Crippen LogP contribution >= 0.6 is 0 Å². The van der Waals surface area contributed by atoms with Crippen molar-refractivity contribution in [1.82, 2.24) is 0 Å². The van der Waals surface area contributed by atoms with Gasteiger partial charge in [0.05, 0.1) is 13.1 Å². The molecule has 0 radical (unpaired) electrons. The second-order valence-corrected chi connectivity index (χ2v) is 8.58. The standard InChI is InChI=1S/2C14H17NO2/c1-3-4-5-6-12-10-16-14-9-11(15-2)7-8-13(14)17-12;1-3-4-5-6-12-10-16-13-8-7-11(15-2)9-14(13)17-12/h2*7-9,12H,3-6,10H2,1H3. The Bertz CT molecular complexity index is 1010. The molecule has 6 heteroatoms. The molecule has 2 aliphatic rings. The Morgan fingerprint density at radius 1 is 0.676 bits per heavy atom. The molecule has 2 aliphatic heterocycles. The average Bonchev–Trinajstić information content (AvgIpc) is 2.88. The minimum atomic E-state index is 0.134. The van der Waals surface area contributed by atoms with E-state index in [9.17, 15) is 0 Å². The number of rotatable bonds is 8. The van der Waals surface area contributed by atoms with Crippen LogP contribution in [0.1, 0.15) is 65.2 Å². The van der Waals surface area contributed by atoms with E-state index in [0.29, 0.717) is 36.1 Å². The predicted octanol–water partition coefficient (Wildman–Crippen LogP) is 7.91. The molecule has 180 valence electrons. The Kier molecular flexibility index (Phi) is 9.92. The molecular formula is C28H34N2O4. The monoisotopic (exact) mass is 462 g/mol. The van der Waals surface area contributed by atoms with Crippen LogP contribution in [0.2, 0.25) is 0 Å². The third kappa shape index (κ3) is 7.32. The summed E-state index contributed by atoms with van der Waals surface area (Å²) in [7, 11) is 0. The van der Waals surface area contributed by atoms with Crippen LogP contribution in [0.4, 0.5) is 11.4 Å². The summed E-state index contributed by atoms with van der Waals surface area (Å²) in [5, 5.41) is 0. The summed E-state index contributed by atoms with van der Waals surface area (Å²) in [5.74, 6) is 2.94. The molecule has 0 spiro atoms. The van der Waals surface area contributed by atoms with Gasteiger partial charge in [0.25, 0.3) is 0 Å². The lowest BCUT2D eigenvalue weighted by atomic mass is 10.1. The largest absolute Gasteiger partial charge is 0.487 e. The van der Waals surface area contributed by atoms with Crippen LogP contribution in [0.15, 0.2) is 36.4 Å². The molecule has 0 aromatic heterocycles. The van der Waals surface area contributed by atoms with Crippen molar-refractivity contribution in [2.75, 3.05) is 13.2 Å². The number of fused-ring (bicyclic) bond motifs is 2. The van der Waals surface area contributed by atoms with E-state index in [2.05, 4.69) is 23.5 Å². The molecule has 0 saturated carbocycles. The van der Waals surface area contributed by atoms with Crippen molar-refractivity contribution < 1.29 is 18.9 Å². The summed E-state index contributed by atoms with van der Waals surface area (Å²) in [6, 6.07) is 10.7. The molecule has 0 fully saturated rings. The summed E-state index contributed by atoms with van der Waals surface area (Å²) in [5.41, 5.74) is 1.19. The van der Waals surface area contributed by atoms with Gasteiger partial charge in [0.1, 0.15) is 25.4 Å². The Hall–Kier alpha value is -3.38. The number of unbranched alkanes of at least 4 members (excludes halogenated alkanes) is 4. The normalized spacial score (nSPS) is 17.5. The fraction of sp³-hybridized carbons (Fsp3) is 0.500. The molecule has 0 saturated heterocycles. The minimum Gasteiger partial charge on any atom is -0.487 e. The van der Waals surface area contributed by atoms with Crippen LogP contribution in [0.5, 0.6) is 23.0 Å². The van der Waals surface area contributed by atoms with E-state index in [4.69, 9.17) is 32.1 Å². The van der Waals surface area contributed by atoms with E-state index in [1.54, 1.807) is 24.3 Å². The van der Waals surface area contributed by atoms with E-state index >= 15 is 0 Å². The Labute approximate surface area is 203 Å². The van der Waals surface area contributed by atoms with Gasteiger partial charge in [-0.15, -0.1) is 0 Å². The van der Waals surface area contributed by atoms with Gasteiger partial charge in [0.2, 0.25) is 0 Å². The lowest BCUT2D eigenvalue weighted by Gasteiger charge is -2.26. The third-order valence-corrected chi connectivity index (χ3v) is 5.81.